The summed E-state index contributed by atoms with van der Waals surface area (Å²) in [4.78, 5) is 22.6. The second kappa shape index (κ2) is 6.73. The van der Waals surface area contributed by atoms with E-state index in [0.29, 0.717) is 5.56 Å². The molecule has 1 aromatic rings. The van der Waals surface area contributed by atoms with Gasteiger partial charge in [-0.15, -0.1) is 23.2 Å². The van der Waals surface area contributed by atoms with Crippen LogP contribution in [0.1, 0.15) is 34.0 Å². The quantitative estimate of drug-likeness (QED) is 0.623. The number of alkyl halides is 2. The minimum atomic E-state index is -1.73. The molecule has 1 rings (SSSR count). The molecule has 1 unspecified atom stereocenters. The van der Waals surface area contributed by atoms with Gasteiger partial charge in [0.25, 0.3) is 0 Å². The van der Waals surface area contributed by atoms with Gasteiger partial charge in [0.15, 0.2) is 11.9 Å². The van der Waals surface area contributed by atoms with Gasteiger partial charge in [0, 0.05) is 29.3 Å². The molecule has 0 radical (unpaired) electrons. The molecule has 0 heterocycles. The molecule has 0 amide bonds. The average Bonchev–Trinajstić information content (AvgIpc) is 2.37. The number of aliphatic hydroxyl groups is 1. The number of carbonyl (C=O) groups is 2. The SMILES string of the molecule is O=C(CCCl)c1cc(CCl)ccc1C(O)C(=O)O. The van der Waals surface area contributed by atoms with Crippen LogP contribution in [0.2, 0.25) is 0 Å². The van der Waals surface area contributed by atoms with Gasteiger partial charge >= 0.3 is 5.97 Å². The van der Waals surface area contributed by atoms with Crippen LogP contribution in [0.5, 0.6) is 0 Å². The van der Waals surface area contributed by atoms with E-state index in [1.807, 2.05) is 0 Å². The molecule has 4 nitrogen and oxygen atoms in total. The number of aliphatic hydroxyl groups excluding tert-OH is 1. The molecule has 18 heavy (non-hydrogen) atoms. The topological polar surface area (TPSA) is 74.6 Å². The van der Waals surface area contributed by atoms with Crippen LogP contribution >= 0.6 is 23.2 Å². The first-order chi connectivity index (χ1) is 8.51. The van der Waals surface area contributed by atoms with Gasteiger partial charge in [0.05, 0.1) is 0 Å². The highest BCUT2D eigenvalue weighted by Crippen LogP contribution is 2.22. The molecular formula is C12H12Cl2O4. The Kier molecular flexibility index (Phi) is 5.59. The van der Waals surface area contributed by atoms with Crippen LogP contribution in [0.4, 0.5) is 0 Å². The van der Waals surface area contributed by atoms with E-state index in [-0.39, 0.29) is 35.1 Å². The summed E-state index contributed by atoms with van der Waals surface area (Å²) in [7, 11) is 0. The van der Waals surface area contributed by atoms with Gasteiger partial charge in [0.1, 0.15) is 0 Å². The highest BCUT2D eigenvalue weighted by molar-refractivity contribution is 6.19. The van der Waals surface area contributed by atoms with Crippen molar-refractivity contribution in [3.63, 3.8) is 0 Å². The maximum absolute atomic E-state index is 11.8. The fourth-order valence-electron chi connectivity index (χ4n) is 1.52. The molecule has 0 aromatic heterocycles. The van der Waals surface area contributed by atoms with E-state index in [1.165, 1.54) is 12.1 Å². The fourth-order valence-corrected chi connectivity index (χ4v) is 1.86. The lowest BCUT2D eigenvalue weighted by atomic mass is 9.96. The molecule has 2 N–H and O–H groups in total. The summed E-state index contributed by atoms with van der Waals surface area (Å²) in [6.45, 7) is 0. The van der Waals surface area contributed by atoms with Gasteiger partial charge in [0.2, 0.25) is 0 Å². The van der Waals surface area contributed by atoms with Crippen molar-refractivity contribution in [3.05, 3.63) is 34.9 Å². The first kappa shape index (κ1) is 15.0. The van der Waals surface area contributed by atoms with Crippen LogP contribution in [0.3, 0.4) is 0 Å². The monoisotopic (exact) mass is 290 g/mol. The first-order valence-corrected chi connectivity index (χ1v) is 6.27. The third-order valence-corrected chi connectivity index (χ3v) is 2.92. The van der Waals surface area contributed by atoms with E-state index in [0.717, 1.165) is 0 Å². The Morgan fingerprint density at radius 1 is 1.28 bits per heavy atom. The zero-order valence-corrected chi connectivity index (χ0v) is 10.9. The molecule has 0 saturated carbocycles. The summed E-state index contributed by atoms with van der Waals surface area (Å²) in [6, 6.07) is 4.47. The fraction of sp³-hybridized carbons (Fsp3) is 0.333. The lowest BCUT2D eigenvalue weighted by molar-refractivity contribution is -0.146. The Morgan fingerprint density at radius 3 is 2.44 bits per heavy atom. The second-order valence-electron chi connectivity index (χ2n) is 3.66. The zero-order valence-electron chi connectivity index (χ0n) is 9.40. The first-order valence-electron chi connectivity index (χ1n) is 5.20. The Balaban J connectivity index is 3.24. The van der Waals surface area contributed by atoms with Crippen molar-refractivity contribution in [1.82, 2.24) is 0 Å². The Labute approximate surface area is 114 Å². The maximum atomic E-state index is 11.8. The van der Waals surface area contributed by atoms with E-state index in [2.05, 4.69) is 0 Å². The number of ketones is 1. The van der Waals surface area contributed by atoms with Crippen LogP contribution < -0.4 is 0 Å². The normalized spacial score (nSPS) is 12.2. The Hall–Kier alpha value is -1.10. The highest BCUT2D eigenvalue weighted by Gasteiger charge is 2.22. The van der Waals surface area contributed by atoms with Crippen molar-refractivity contribution < 1.29 is 19.8 Å². The molecular weight excluding hydrogens is 279 g/mol. The summed E-state index contributed by atoms with van der Waals surface area (Å²) < 4.78 is 0. The summed E-state index contributed by atoms with van der Waals surface area (Å²) in [5, 5.41) is 18.3. The molecule has 98 valence electrons. The number of rotatable bonds is 6. The number of Topliss-reactive ketones (excluding diaryl/α,β-unsaturated/α-hetero) is 1. The van der Waals surface area contributed by atoms with E-state index in [1.54, 1.807) is 6.07 Å². The molecule has 0 bridgehead atoms. The maximum Gasteiger partial charge on any atom is 0.337 e. The lowest BCUT2D eigenvalue weighted by Crippen LogP contribution is -2.15. The van der Waals surface area contributed by atoms with E-state index in [4.69, 9.17) is 28.3 Å². The van der Waals surface area contributed by atoms with Gasteiger partial charge in [-0.05, 0) is 11.6 Å². The van der Waals surface area contributed by atoms with Gasteiger partial charge in [-0.1, -0.05) is 12.1 Å². The molecule has 0 aliphatic rings. The van der Waals surface area contributed by atoms with Gasteiger partial charge in [-0.2, -0.15) is 0 Å². The minimum Gasteiger partial charge on any atom is -0.479 e. The van der Waals surface area contributed by atoms with Crippen LogP contribution in [-0.4, -0.2) is 27.8 Å². The summed E-state index contributed by atoms with van der Waals surface area (Å²) >= 11 is 11.1. The highest BCUT2D eigenvalue weighted by atomic mass is 35.5. The predicted molar refractivity (Wildman–Crippen MR) is 68.3 cm³/mol. The number of hydrogen-bond acceptors (Lipinski definition) is 3. The van der Waals surface area contributed by atoms with Crippen LogP contribution in [0.25, 0.3) is 0 Å². The van der Waals surface area contributed by atoms with Crippen LogP contribution in [0.15, 0.2) is 18.2 Å². The van der Waals surface area contributed by atoms with Gasteiger partial charge < -0.3 is 10.2 Å². The van der Waals surface area contributed by atoms with Crippen LogP contribution in [0, 0.1) is 0 Å². The molecule has 6 heteroatoms. The average molecular weight is 291 g/mol. The molecule has 0 saturated heterocycles. The molecule has 0 aliphatic heterocycles. The predicted octanol–water partition coefficient (Wildman–Crippen LogP) is 2.35. The summed E-state index contributed by atoms with van der Waals surface area (Å²) in [5.41, 5.74) is 0.895. The van der Waals surface area contributed by atoms with Gasteiger partial charge in [-0.3, -0.25) is 4.79 Å². The molecule has 1 atom stereocenters. The van der Waals surface area contributed by atoms with E-state index in [9.17, 15) is 14.7 Å². The van der Waals surface area contributed by atoms with Crippen molar-refractivity contribution in [2.45, 2.75) is 18.4 Å². The zero-order chi connectivity index (χ0) is 13.7. The molecule has 0 spiro atoms. The lowest BCUT2D eigenvalue weighted by Gasteiger charge is -2.12. The second-order valence-corrected chi connectivity index (χ2v) is 4.30. The number of carboxylic acids is 1. The largest absolute Gasteiger partial charge is 0.479 e. The molecule has 0 aliphatic carbocycles. The smallest absolute Gasteiger partial charge is 0.337 e. The number of hydrogen-bond donors (Lipinski definition) is 2. The number of aliphatic carboxylic acids is 1. The molecule has 1 aromatic carbocycles. The number of benzene rings is 1. The molecule has 0 fully saturated rings. The third kappa shape index (κ3) is 3.45. The van der Waals surface area contributed by atoms with E-state index < -0.39 is 12.1 Å². The number of carbonyl (C=O) groups excluding carboxylic acids is 1. The van der Waals surface area contributed by atoms with E-state index >= 15 is 0 Å². The Morgan fingerprint density at radius 2 is 1.94 bits per heavy atom. The van der Waals surface area contributed by atoms with Gasteiger partial charge in [-0.25, -0.2) is 4.79 Å². The van der Waals surface area contributed by atoms with Crippen molar-refractivity contribution in [3.8, 4) is 0 Å². The van der Waals surface area contributed by atoms with Crippen molar-refractivity contribution in [1.29, 1.82) is 0 Å². The summed E-state index contributed by atoms with van der Waals surface area (Å²) in [6.07, 6.45) is -1.66. The summed E-state index contributed by atoms with van der Waals surface area (Å²) in [5.74, 6) is -1.39. The van der Waals surface area contributed by atoms with Crippen LogP contribution in [-0.2, 0) is 10.7 Å². The Bertz CT molecular complexity index is 459. The standard InChI is InChI=1S/C12H12Cl2O4/c13-4-3-10(15)9-5-7(6-14)1-2-8(9)11(16)12(17)18/h1-2,5,11,16H,3-4,6H2,(H,17,18). The number of halogens is 2. The van der Waals surface area contributed by atoms with Crippen molar-refractivity contribution in [2.24, 2.45) is 0 Å². The third-order valence-electron chi connectivity index (χ3n) is 2.42. The van der Waals surface area contributed by atoms with Crippen molar-refractivity contribution >= 4 is 35.0 Å². The minimum absolute atomic E-state index is 0.0616. The van der Waals surface area contributed by atoms with Crippen molar-refractivity contribution in [2.75, 3.05) is 5.88 Å². The number of carboxylic acid groups (broad SMARTS) is 1.